The molecule has 2 aliphatic carbocycles. The van der Waals surface area contributed by atoms with Crippen molar-refractivity contribution in [2.45, 2.75) is 38.5 Å². The van der Waals surface area contributed by atoms with Crippen LogP contribution >= 0.6 is 0 Å². The van der Waals surface area contributed by atoms with E-state index in [0.29, 0.717) is 23.1 Å². The van der Waals surface area contributed by atoms with Gasteiger partial charge in [-0.25, -0.2) is 4.79 Å². The molecule has 28 heavy (non-hydrogen) atoms. The monoisotopic (exact) mass is 375 g/mol. The Morgan fingerprint density at radius 3 is 2.71 bits per heavy atom. The zero-order valence-electron chi connectivity index (χ0n) is 16.2. The summed E-state index contributed by atoms with van der Waals surface area (Å²) in [6.07, 6.45) is 4.52. The van der Waals surface area contributed by atoms with E-state index in [0.717, 1.165) is 25.9 Å². The average Bonchev–Trinajstić information content (AvgIpc) is 3.24. The smallest absolute Gasteiger partial charge is 0.343 e. The van der Waals surface area contributed by atoms with Gasteiger partial charge >= 0.3 is 5.97 Å². The first-order valence-corrected chi connectivity index (χ1v) is 10.2. The molecule has 4 nitrogen and oxygen atoms in total. The molecule has 3 aliphatic rings. The van der Waals surface area contributed by atoms with Crippen LogP contribution < -0.4 is 4.74 Å². The van der Waals surface area contributed by atoms with Crippen molar-refractivity contribution in [1.29, 1.82) is 0 Å². The molecule has 1 saturated carbocycles. The van der Waals surface area contributed by atoms with Crippen molar-refractivity contribution in [3.63, 3.8) is 0 Å². The largest absolute Gasteiger partial charge is 0.423 e. The Labute approximate surface area is 165 Å². The standard InChI is InChI=1S/C24H25NO3/c1-16(26)25-14-19-7-10-22-21-9-8-20(13-18(21)11-12-24(19,22)15-25)28-23(27)17-5-3-2-4-6-17/h2-6,8-9,13,19,22H,7,10-12,14-15H2,1H3. The van der Waals surface area contributed by atoms with Crippen LogP contribution in [0.25, 0.3) is 0 Å². The number of fused-ring (bicyclic) bond motifs is 2. The number of esters is 1. The van der Waals surface area contributed by atoms with E-state index in [1.54, 1.807) is 19.1 Å². The summed E-state index contributed by atoms with van der Waals surface area (Å²) < 4.78 is 5.62. The normalized spacial score (nSPS) is 27.7. The second kappa shape index (κ2) is 6.47. The fourth-order valence-electron chi connectivity index (χ4n) is 5.90. The van der Waals surface area contributed by atoms with E-state index in [2.05, 4.69) is 11.0 Å². The highest BCUT2D eigenvalue weighted by molar-refractivity contribution is 5.91. The molecule has 0 aromatic heterocycles. The lowest BCUT2D eigenvalue weighted by molar-refractivity contribution is -0.128. The third-order valence-electron chi connectivity index (χ3n) is 7.25. The third-order valence-corrected chi connectivity index (χ3v) is 7.25. The second-order valence-corrected chi connectivity index (χ2v) is 8.58. The van der Waals surface area contributed by atoms with Crippen molar-refractivity contribution in [1.82, 2.24) is 4.90 Å². The Kier molecular flexibility index (Phi) is 4.04. The van der Waals surface area contributed by atoms with Crippen LogP contribution in [-0.4, -0.2) is 29.9 Å². The molecule has 3 atom stereocenters. The summed E-state index contributed by atoms with van der Waals surface area (Å²) in [5.74, 6) is 1.66. The summed E-state index contributed by atoms with van der Waals surface area (Å²) in [5, 5.41) is 0. The van der Waals surface area contributed by atoms with Crippen molar-refractivity contribution in [3.8, 4) is 5.75 Å². The molecular weight excluding hydrogens is 350 g/mol. The maximum atomic E-state index is 12.4. The molecule has 0 radical (unpaired) electrons. The van der Waals surface area contributed by atoms with E-state index in [-0.39, 0.29) is 17.3 Å². The van der Waals surface area contributed by atoms with Crippen molar-refractivity contribution in [3.05, 3.63) is 65.2 Å². The molecule has 1 spiro atoms. The molecule has 2 aromatic carbocycles. The Morgan fingerprint density at radius 1 is 1.11 bits per heavy atom. The number of carbonyl (C=O) groups is 2. The molecule has 3 unspecified atom stereocenters. The van der Waals surface area contributed by atoms with Gasteiger partial charge in [0.15, 0.2) is 0 Å². The molecule has 4 heteroatoms. The second-order valence-electron chi connectivity index (χ2n) is 8.58. The van der Waals surface area contributed by atoms with Crippen LogP contribution in [-0.2, 0) is 11.2 Å². The zero-order valence-corrected chi connectivity index (χ0v) is 16.2. The lowest BCUT2D eigenvalue weighted by atomic mass is 9.63. The highest BCUT2D eigenvalue weighted by Crippen LogP contribution is 2.61. The van der Waals surface area contributed by atoms with Gasteiger partial charge in [-0.3, -0.25) is 4.79 Å². The number of aryl methyl sites for hydroxylation is 1. The zero-order chi connectivity index (χ0) is 19.3. The first kappa shape index (κ1) is 17.5. The molecule has 1 aliphatic heterocycles. The Morgan fingerprint density at radius 2 is 1.93 bits per heavy atom. The quantitative estimate of drug-likeness (QED) is 0.584. The van der Waals surface area contributed by atoms with Gasteiger partial charge in [0.1, 0.15) is 5.75 Å². The van der Waals surface area contributed by atoms with Crippen molar-refractivity contribution in [2.24, 2.45) is 11.3 Å². The molecule has 2 aromatic rings. The van der Waals surface area contributed by atoms with Gasteiger partial charge in [-0.2, -0.15) is 0 Å². The highest BCUT2D eigenvalue weighted by atomic mass is 16.5. The summed E-state index contributed by atoms with van der Waals surface area (Å²) >= 11 is 0. The van der Waals surface area contributed by atoms with Gasteiger partial charge in [-0.05, 0) is 78.3 Å². The third kappa shape index (κ3) is 2.66. The van der Waals surface area contributed by atoms with Gasteiger partial charge in [0.2, 0.25) is 5.91 Å². The number of hydrogen-bond donors (Lipinski definition) is 0. The number of carbonyl (C=O) groups excluding carboxylic acids is 2. The predicted octanol–water partition coefficient (Wildman–Crippen LogP) is 4.19. The van der Waals surface area contributed by atoms with Crippen molar-refractivity contribution >= 4 is 11.9 Å². The van der Waals surface area contributed by atoms with Crippen LogP contribution in [0, 0.1) is 11.3 Å². The Balaban J connectivity index is 1.39. The minimum absolute atomic E-state index is 0.205. The lowest BCUT2D eigenvalue weighted by Crippen LogP contribution is -2.37. The number of amides is 1. The first-order valence-electron chi connectivity index (χ1n) is 10.2. The summed E-state index contributed by atoms with van der Waals surface area (Å²) in [6, 6.07) is 15.2. The van der Waals surface area contributed by atoms with Gasteiger partial charge in [-0.1, -0.05) is 24.3 Å². The van der Waals surface area contributed by atoms with Crippen molar-refractivity contribution in [2.75, 3.05) is 13.1 Å². The summed E-state index contributed by atoms with van der Waals surface area (Å²) in [7, 11) is 0. The van der Waals surface area contributed by atoms with E-state index in [1.807, 2.05) is 30.3 Å². The van der Waals surface area contributed by atoms with E-state index < -0.39 is 0 Å². The van der Waals surface area contributed by atoms with Gasteiger partial charge in [0, 0.05) is 20.0 Å². The number of nitrogens with zero attached hydrogens (tertiary/aromatic N) is 1. The lowest BCUT2D eigenvalue weighted by Gasteiger charge is -2.41. The van der Waals surface area contributed by atoms with Crippen LogP contribution in [0.2, 0.25) is 0 Å². The van der Waals surface area contributed by atoms with Crippen molar-refractivity contribution < 1.29 is 14.3 Å². The number of ether oxygens (including phenoxy) is 1. The SMILES string of the molecule is CC(=O)N1CC2CCC3c4ccc(OC(=O)c5ccccc5)cc4CCC23C1. The molecule has 1 heterocycles. The molecule has 2 fully saturated rings. The van der Waals surface area contributed by atoms with E-state index in [1.165, 1.54) is 24.0 Å². The molecular formula is C24H25NO3. The molecule has 1 amide bonds. The minimum Gasteiger partial charge on any atom is -0.423 e. The van der Waals surface area contributed by atoms with Gasteiger partial charge < -0.3 is 9.64 Å². The minimum atomic E-state index is -0.318. The summed E-state index contributed by atoms with van der Waals surface area (Å²) in [6.45, 7) is 3.52. The fourth-order valence-corrected chi connectivity index (χ4v) is 5.90. The maximum Gasteiger partial charge on any atom is 0.343 e. The first-order chi connectivity index (χ1) is 13.6. The predicted molar refractivity (Wildman–Crippen MR) is 106 cm³/mol. The van der Waals surface area contributed by atoms with Crippen LogP contribution in [0.3, 0.4) is 0 Å². The molecule has 144 valence electrons. The van der Waals surface area contributed by atoms with Crippen LogP contribution in [0.5, 0.6) is 5.75 Å². The van der Waals surface area contributed by atoms with E-state index >= 15 is 0 Å². The maximum absolute atomic E-state index is 12.4. The number of hydrogen-bond acceptors (Lipinski definition) is 3. The fraction of sp³-hybridized carbons (Fsp3) is 0.417. The van der Waals surface area contributed by atoms with E-state index in [4.69, 9.17) is 4.74 Å². The molecule has 0 bridgehead atoms. The topological polar surface area (TPSA) is 46.6 Å². The number of rotatable bonds is 2. The molecule has 0 N–H and O–H groups in total. The van der Waals surface area contributed by atoms with E-state index in [9.17, 15) is 9.59 Å². The average molecular weight is 375 g/mol. The Hall–Kier alpha value is -2.62. The van der Waals surface area contributed by atoms with Crippen LogP contribution in [0.4, 0.5) is 0 Å². The summed E-state index contributed by atoms with van der Waals surface area (Å²) in [5.41, 5.74) is 3.52. The van der Waals surface area contributed by atoms with Gasteiger partial charge in [0.25, 0.3) is 0 Å². The van der Waals surface area contributed by atoms with Gasteiger partial charge in [0.05, 0.1) is 5.56 Å². The van der Waals surface area contributed by atoms with Crippen LogP contribution in [0.1, 0.15) is 53.6 Å². The van der Waals surface area contributed by atoms with Gasteiger partial charge in [-0.15, -0.1) is 0 Å². The molecule has 5 rings (SSSR count). The number of benzene rings is 2. The van der Waals surface area contributed by atoms with Crippen LogP contribution in [0.15, 0.2) is 48.5 Å². The number of likely N-dealkylation sites (tertiary alicyclic amines) is 1. The highest BCUT2D eigenvalue weighted by Gasteiger charge is 2.57. The molecule has 1 saturated heterocycles. The Bertz CT molecular complexity index is 938. The summed E-state index contributed by atoms with van der Waals surface area (Å²) in [4.78, 5) is 26.3.